The smallest absolute Gasteiger partial charge is 0.220 e. The number of amides is 1. The molecule has 0 spiro atoms. The second-order valence-electron chi connectivity index (χ2n) is 6.32. The average Bonchev–Trinajstić information content (AvgIpc) is 2.62. The molecule has 3 rings (SSSR count). The number of nitrogens with zero attached hydrogens (tertiary/aromatic N) is 2. The molecule has 0 aliphatic rings. The third-order valence-electron chi connectivity index (χ3n) is 4.36. The molecule has 0 aliphatic carbocycles. The van der Waals surface area contributed by atoms with Gasteiger partial charge >= 0.3 is 0 Å². The number of rotatable bonds is 5. The zero-order valence-electron chi connectivity index (χ0n) is 15.1. The average molecular weight is 369 g/mol. The van der Waals surface area contributed by atoms with E-state index in [1.165, 1.54) is 0 Å². The van der Waals surface area contributed by atoms with Crippen LogP contribution in [0.2, 0.25) is 5.15 Å². The highest BCUT2D eigenvalue weighted by Gasteiger charge is 2.15. The van der Waals surface area contributed by atoms with Crippen LogP contribution in [0.25, 0.3) is 10.9 Å². The molecule has 0 saturated heterocycles. The number of hydrogen-bond acceptors (Lipinski definition) is 3. The number of aromatic nitrogens is 1. The van der Waals surface area contributed by atoms with Gasteiger partial charge in [-0.3, -0.25) is 4.79 Å². The molecule has 0 fully saturated rings. The van der Waals surface area contributed by atoms with E-state index in [-0.39, 0.29) is 5.91 Å². The highest BCUT2D eigenvalue weighted by Crippen LogP contribution is 2.25. The Hall–Kier alpha value is -2.59. The number of pyridine rings is 1. The van der Waals surface area contributed by atoms with Crippen LogP contribution in [0.1, 0.15) is 23.6 Å². The van der Waals surface area contributed by atoms with E-state index in [0.29, 0.717) is 18.2 Å². The fraction of sp³-hybridized carbons (Fsp3) is 0.238. The predicted octanol–water partition coefficient (Wildman–Crippen LogP) is 4.75. The van der Waals surface area contributed by atoms with Crippen LogP contribution in [0, 0.1) is 6.92 Å². The number of ether oxygens (including phenoxy) is 1. The van der Waals surface area contributed by atoms with Gasteiger partial charge in [-0.1, -0.05) is 41.9 Å². The Morgan fingerprint density at radius 2 is 1.85 bits per heavy atom. The number of aryl methyl sites for hydroxylation is 1. The Kier molecular flexibility index (Phi) is 5.43. The van der Waals surface area contributed by atoms with Crippen molar-refractivity contribution in [1.82, 2.24) is 9.88 Å². The Morgan fingerprint density at radius 1 is 1.12 bits per heavy atom. The van der Waals surface area contributed by atoms with Crippen molar-refractivity contribution < 1.29 is 9.53 Å². The molecule has 0 radical (unpaired) electrons. The first kappa shape index (κ1) is 18.2. The summed E-state index contributed by atoms with van der Waals surface area (Å²) in [7, 11) is 1.63. The summed E-state index contributed by atoms with van der Waals surface area (Å²) in [4.78, 5) is 18.4. The molecule has 2 aromatic carbocycles. The Bertz CT molecular complexity index is 956. The van der Waals surface area contributed by atoms with Gasteiger partial charge in [0, 0.05) is 36.5 Å². The monoisotopic (exact) mass is 368 g/mol. The van der Waals surface area contributed by atoms with E-state index < -0.39 is 0 Å². The van der Waals surface area contributed by atoms with Crippen LogP contribution >= 0.6 is 11.6 Å². The highest BCUT2D eigenvalue weighted by atomic mass is 35.5. The molecule has 3 aromatic rings. The molecule has 0 atom stereocenters. The predicted molar refractivity (Wildman–Crippen MR) is 104 cm³/mol. The van der Waals surface area contributed by atoms with Gasteiger partial charge in [0.25, 0.3) is 0 Å². The first-order chi connectivity index (χ1) is 12.5. The van der Waals surface area contributed by atoms with Gasteiger partial charge in [0.1, 0.15) is 10.9 Å². The van der Waals surface area contributed by atoms with Crippen LogP contribution < -0.4 is 4.74 Å². The fourth-order valence-corrected chi connectivity index (χ4v) is 3.14. The van der Waals surface area contributed by atoms with Crippen molar-refractivity contribution in [1.29, 1.82) is 0 Å². The maximum absolute atomic E-state index is 12.2. The number of para-hydroxylation sites is 1. The van der Waals surface area contributed by atoms with Crippen LogP contribution in [-0.2, 0) is 17.9 Å². The quantitative estimate of drug-likeness (QED) is 0.610. The minimum atomic E-state index is -0.0315. The van der Waals surface area contributed by atoms with Gasteiger partial charge in [0.05, 0.1) is 12.6 Å². The number of halogens is 1. The first-order valence-electron chi connectivity index (χ1n) is 8.41. The fourth-order valence-electron chi connectivity index (χ4n) is 2.93. The number of benzene rings is 2. The van der Waals surface area contributed by atoms with E-state index in [1.54, 1.807) is 18.9 Å². The topological polar surface area (TPSA) is 42.4 Å². The number of carbonyl (C=O) groups excluding carboxylic acids is 1. The van der Waals surface area contributed by atoms with Crippen molar-refractivity contribution >= 4 is 28.4 Å². The number of methoxy groups -OCH3 is 1. The molecular formula is C21H21ClN2O2. The lowest BCUT2D eigenvalue weighted by Crippen LogP contribution is -2.28. The van der Waals surface area contributed by atoms with Crippen LogP contribution in [-0.4, -0.2) is 22.9 Å². The molecule has 0 bridgehead atoms. The summed E-state index contributed by atoms with van der Waals surface area (Å²) in [5.74, 6) is 0.730. The summed E-state index contributed by atoms with van der Waals surface area (Å²) in [6.45, 7) is 4.42. The summed E-state index contributed by atoms with van der Waals surface area (Å²) in [6, 6.07) is 15.8. The second-order valence-corrected chi connectivity index (χ2v) is 6.68. The Labute approximate surface area is 158 Å². The molecule has 5 heteroatoms. The molecule has 1 aromatic heterocycles. The summed E-state index contributed by atoms with van der Waals surface area (Å²) in [5.41, 5.74) is 3.77. The van der Waals surface area contributed by atoms with Gasteiger partial charge in [0.2, 0.25) is 5.91 Å². The molecule has 0 saturated carbocycles. The largest absolute Gasteiger partial charge is 0.496 e. The van der Waals surface area contributed by atoms with E-state index in [4.69, 9.17) is 16.3 Å². The van der Waals surface area contributed by atoms with Crippen molar-refractivity contribution in [2.24, 2.45) is 0 Å². The lowest BCUT2D eigenvalue weighted by atomic mass is 10.1. The molecule has 134 valence electrons. The van der Waals surface area contributed by atoms with Crippen molar-refractivity contribution in [3.8, 4) is 5.75 Å². The third kappa shape index (κ3) is 3.97. The van der Waals surface area contributed by atoms with Crippen molar-refractivity contribution in [3.63, 3.8) is 0 Å². The van der Waals surface area contributed by atoms with Crippen molar-refractivity contribution in [2.45, 2.75) is 26.9 Å². The maximum Gasteiger partial charge on any atom is 0.220 e. The standard InChI is InChI=1S/C21H21ClN2O2/c1-14-8-9-16-11-18(21(22)23-19(16)10-14)13-24(15(2)25)12-17-6-4-5-7-20(17)26-3/h4-11H,12-13H2,1-3H3. The Balaban J connectivity index is 1.91. The van der Waals surface area contributed by atoms with Gasteiger partial charge in [-0.25, -0.2) is 4.98 Å². The molecule has 26 heavy (non-hydrogen) atoms. The summed E-state index contributed by atoms with van der Waals surface area (Å²) in [6.07, 6.45) is 0. The molecule has 0 unspecified atom stereocenters. The highest BCUT2D eigenvalue weighted by molar-refractivity contribution is 6.30. The van der Waals surface area contributed by atoms with Crippen molar-refractivity contribution in [2.75, 3.05) is 7.11 Å². The summed E-state index contributed by atoms with van der Waals surface area (Å²) >= 11 is 6.39. The summed E-state index contributed by atoms with van der Waals surface area (Å²) < 4.78 is 5.39. The van der Waals surface area contributed by atoms with Crippen LogP contribution in [0.15, 0.2) is 48.5 Å². The molecule has 1 amide bonds. The van der Waals surface area contributed by atoms with E-state index in [9.17, 15) is 4.79 Å². The zero-order valence-corrected chi connectivity index (χ0v) is 15.9. The second kappa shape index (κ2) is 7.75. The minimum Gasteiger partial charge on any atom is -0.496 e. The summed E-state index contributed by atoms with van der Waals surface area (Å²) in [5, 5.41) is 1.44. The van der Waals surface area contributed by atoms with Crippen LogP contribution in [0.4, 0.5) is 0 Å². The van der Waals surface area contributed by atoms with Gasteiger partial charge in [0.15, 0.2) is 0 Å². The van der Waals surface area contributed by atoms with Gasteiger partial charge in [-0.05, 0) is 30.7 Å². The molecular weight excluding hydrogens is 348 g/mol. The van der Waals surface area contributed by atoms with Crippen LogP contribution in [0.5, 0.6) is 5.75 Å². The molecule has 0 aliphatic heterocycles. The first-order valence-corrected chi connectivity index (χ1v) is 8.79. The van der Waals surface area contributed by atoms with E-state index >= 15 is 0 Å². The van der Waals surface area contributed by atoms with Gasteiger partial charge in [-0.2, -0.15) is 0 Å². The number of carbonyl (C=O) groups is 1. The Morgan fingerprint density at radius 3 is 2.58 bits per heavy atom. The van der Waals surface area contributed by atoms with E-state index in [2.05, 4.69) is 4.98 Å². The zero-order chi connectivity index (χ0) is 18.7. The molecule has 4 nitrogen and oxygen atoms in total. The lowest BCUT2D eigenvalue weighted by molar-refractivity contribution is -0.130. The normalized spacial score (nSPS) is 10.8. The number of fused-ring (bicyclic) bond motifs is 1. The molecule has 1 heterocycles. The van der Waals surface area contributed by atoms with E-state index in [0.717, 1.165) is 33.3 Å². The minimum absolute atomic E-state index is 0.0315. The third-order valence-corrected chi connectivity index (χ3v) is 4.69. The maximum atomic E-state index is 12.2. The van der Waals surface area contributed by atoms with E-state index in [1.807, 2.05) is 55.5 Å². The van der Waals surface area contributed by atoms with Crippen molar-refractivity contribution in [3.05, 3.63) is 70.4 Å². The lowest BCUT2D eigenvalue weighted by Gasteiger charge is -2.23. The molecule has 0 N–H and O–H groups in total. The SMILES string of the molecule is COc1ccccc1CN(Cc1cc2ccc(C)cc2nc1Cl)C(C)=O. The number of hydrogen-bond donors (Lipinski definition) is 0. The van der Waals surface area contributed by atoms with Gasteiger partial charge in [-0.15, -0.1) is 0 Å². The van der Waals surface area contributed by atoms with Crippen LogP contribution in [0.3, 0.4) is 0 Å². The van der Waals surface area contributed by atoms with Gasteiger partial charge < -0.3 is 9.64 Å².